The Labute approximate surface area is 234 Å². The summed E-state index contributed by atoms with van der Waals surface area (Å²) < 4.78 is 14.7. The number of carbonyl (C=O) groups is 1. The molecule has 4 aliphatic rings. The van der Waals surface area contributed by atoms with Crippen LogP contribution < -0.4 is 25.3 Å². The average Bonchev–Trinajstić information content (AvgIpc) is 3.48. The summed E-state index contributed by atoms with van der Waals surface area (Å²) in [4.78, 5) is 31.4. The number of piperazine rings is 1. The number of nitrogens with zero attached hydrogens (tertiary/aromatic N) is 6. The molecule has 3 aromatic rings. The second kappa shape index (κ2) is 10.7. The molecule has 40 heavy (non-hydrogen) atoms. The molecule has 0 bridgehead atoms. The standard InChI is InChI=1S/C30H35FN8O/c31-26-7-3-4-8-27(26)38-18-21-17-33-29(35-28(21)39(30(38)40)24-5-1-2-6-24)34-22-9-11-23(12-10-22)37-19-25(20-37)36-15-13-32-14-16-36/h3-4,7-12,17,24-25,32H,1-2,5-6,13-16,18-20H2,(H,33,34,35). The highest BCUT2D eigenvalue weighted by Gasteiger charge is 2.39. The van der Waals surface area contributed by atoms with Gasteiger partial charge < -0.3 is 15.5 Å². The Morgan fingerprint density at radius 2 is 1.70 bits per heavy atom. The molecule has 2 aromatic carbocycles. The molecule has 1 saturated carbocycles. The lowest BCUT2D eigenvalue weighted by Gasteiger charge is -2.48. The van der Waals surface area contributed by atoms with Crippen LogP contribution in [0.3, 0.4) is 0 Å². The van der Waals surface area contributed by atoms with Crippen molar-refractivity contribution in [2.75, 3.05) is 59.3 Å². The Bertz CT molecular complexity index is 1370. The number of hydrogen-bond acceptors (Lipinski definition) is 7. The van der Waals surface area contributed by atoms with E-state index in [2.05, 4.69) is 49.7 Å². The van der Waals surface area contributed by atoms with Crippen LogP contribution in [0.25, 0.3) is 0 Å². The zero-order chi connectivity index (χ0) is 27.1. The van der Waals surface area contributed by atoms with Crippen molar-refractivity contribution in [2.24, 2.45) is 0 Å². The van der Waals surface area contributed by atoms with Gasteiger partial charge in [0.1, 0.15) is 11.6 Å². The van der Waals surface area contributed by atoms with E-state index in [-0.39, 0.29) is 24.3 Å². The number of aromatic nitrogens is 2. The molecule has 3 aliphatic heterocycles. The number of fused-ring (bicyclic) bond motifs is 1. The molecule has 208 valence electrons. The van der Waals surface area contributed by atoms with E-state index in [0.717, 1.165) is 76.2 Å². The van der Waals surface area contributed by atoms with Gasteiger partial charge in [-0.25, -0.2) is 14.2 Å². The van der Waals surface area contributed by atoms with Gasteiger partial charge in [-0.3, -0.25) is 14.7 Å². The number of amides is 2. The molecule has 4 heterocycles. The minimum absolute atomic E-state index is 0.0457. The van der Waals surface area contributed by atoms with Gasteiger partial charge >= 0.3 is 6.03 Å². The summed E-state index contributed by atoms with van der Waals surface area (Å²) in [5.74, 6) is 0.661. The summed E-state index contributed by atoms with van der Waals surface area (Å²) in [6.45, 7) is 6.79. The van der Waals surface area contributed by atoms with Crippen molar-refractivity contribution in [1.82, 2.24) is 20.2 Å². The molecule has 0 unspecified atom stereocenters. The number of benzene rings is 2. The number of halogens is 1. The quantitative estimate of drug-likeness (QED) is 0.480. The van der Waals surface area contributed by atoms with Gasteiger partial charge in [0.05, 0.1) is 12.2 Å². The van der Waals surface area contributed by atoms with E-state index in [1.165, 1.54) is 16.7 Å². The molecule has 0 atom stereocenters. The van der Waals surface area contributed by atoms with Crippen LogP contribution in [0, 0.1) is 5.82 Å². The summed E-state index contributed by atoms with van der Waals surface area (Å²) in [5.41, 5.74) is 3.21. The van der Waals surface area contributed by atoms with E-state index in [1.807, 2.05) is 0 Å². The molecular weight excluding hydrogens is 507 g/mol. The van der Waals surface area contributed by atoms with Crippen molar-refractivity contribution >= 4 is 34.9 Å². The van der Waals surface area contributed by atoms with Crippen LogP contribution in [0.15, 0.2) is 54.7 Å². The van der Waals surface area contributed by atoms with E-state index >= 15 is 0 Å². The smallest absolute Gasteiger partial charge is 0.330 e. The normalized spacial score (nSPS) is 20.5. The lowest BCUT2D eigenvalue weighted by Crippen LogP contribution is -2.62. The molecule has 0 radical (unpaired) electrons. The van der Waals surface area contributed by atoms with E-state index in [4.69, 9.17) is 4.98 Å². The molecule has 3 fully saturated rings. The first-order chi connectivity index (χ1) is 19.6. The largest absolute Gasteiger partial charge is 0.368 e. The number of nitrogens with one attached hydrogen (secondary N) is 2. The van der Waals surface area contributed by atoms with Gasteiger partial charge in [0, 0.05) is 74.5 Å². The topological polar surface area (TPSA) is 79.9 Å². The van der Waals surface area contributed by atoms with E-state index < -0.39 is 5.82 Å². The van der Waals surface area contributed by atoms with Gasteiger partial charge in [0.15, 0.2) is 0 Å². The maximum atomic E-state index is 14.7. The zero-order valence-corrected chi connectivity index (χ0v) is 22.6. The summed E-state index contributed by atoms with van der Waals surface area (Å²) in [6, 6.07) is 15.3. The maximum Gasteiger partial charge on any atom is 0.330 e. The van der Waals surface area contributed by atoms with Gasteiger partial charge in [0.25, 0.3) is 0 Å². The number of hydrogen-bond donors (Lipinski definition) is 2. The lowest BCUT2D eigenvalue weighted by atomic mass is 10.0. The summed E-state index contributed by atoms with van der Waals surface area (Å²) in [6.07, 6.45) is 5.72. The van der Waals surface area contributed by atoms with Crippen molar-refractivity contribution in [2.45, 2.75) is 44.3 Å². The monoisotopic (exact) mass is 542 g/mol. The van der Waals surface area contributed by atoms with Crippen LogP contribution in [0.4, 0.5) is 38.0 Å². The molecule has 1 aliphatic carbocycles. The summed E-state index contributed by atoms with van der Waals surface area (Å²) >= 11 is 0. The number of urea groups is 1. The first kappa shape index (κ1) is 25.2. The Morgan fingerprint density at radius 3 is 2.45 bits per heavy atom. The summed E-state index contributed by atoms with van der Waals surface area (Å²) in [7, 11) is 0. The van der Waals surface area contributed by atoms with Gasteiger partial charge in [0.2, 0.25) is 5.95 Å². The predicted molar refractivity (Wildman–Crippen MR) is 155 cm³/mol. The third kappa shape index (κ3) is 4.75. The highest BCUT2D eigenvalue weighted by molar-refractivity contribution is 6.06. The Morgan fingerprint density at radius 1 is 0.950 bits per heavy atom. The first-order valence-corrected chi connectivity index (χ1v) is 14.4. The van der Waals surface area contributed by atoms with Crippen LogP contribution >= 0.6 is 0 Å². The highest BCUT2D eigenvalue weighted by Crippen LogP contribution is 2.37. The van der Waals surface area contributed by atoms with Crippen molar-refractivity contribution in [3.63, 3.8) is 0 Å². The molecule has 9 nitrogen and oxygen atoms in total. The van der Waals surface area contributed by atoms with E-state index in [0.29, 0.717) is 17.8 Å². The van der Waals surface area contributed by atoms with Crippen LogP contribution in [0.5, 0.6) is 0 Å². The number of rotatable bonds is 6. The van der Waals surface area contributed by atoms with Crippen molar-refractivity contribution < 1.29 is 9.18 Å². The van der Waals surface area contributed by atoms with Gasteiger partial charge in [-0.1, -0.05) is 25.0 Å². The zero-order valence-electron chi connectivity index (χ0n) is 22.6. The third-order valence-electron chi connectivity index (χ3n) is 8.69. The molecule has 10 heteroatoms. The van der Waals surface area contributed by atoms with Crippen LogP contribution in [-0.2, 0) is 6.54 Å². The fourth-order valence-corrected chi connectivity index (χ4v) is 6.42. The molecule has 2 N–H and O–H groups in total. The first-order valence-electron chi connectivity index (χ1n) is 14.4. The maximum absolute atomic E-state index is 14.7. The Hall–Kier alpha value is -3.76. The highest BCUT2D eigenvalue weighted by atomic mass is 19.1. The second-order valence-corrected chi connectivity index (χ2v) is 11.2. The lowest BCUT2D eigenvalue weighted by molar-refractivity contribution is 0.147. The summed E-state index contributed by atoms with van der Waals surface area (Å²) in [5, 5.41) is 6.75. The van der Waals surface area contributed by atoms with Crippen molar-refractivity contribution in [3.05, 3.63) is 66.1 Å². The molecule has 0 spiro atoms. The van der Waals surface area contributed by atoms with E-state index in [9.17, 15) is 9.18 Å². The van der Waals surface area contributed by atoms with Crippen molar-refractivity contribution in [3.8, 4) is 0 Å². The molecule has 7 rings (SSSR count). The molecular formula is C30H35FN8O. The number of carbonyl (C=O) groups excluding carboxylic acids is 1. The minimum Gasteiger partial charge on any atom is -0.368 e. The number of anilines is 5. The fourth-order valence-electron chi connectivity index (χ4n) is 6.42. The average molecular weight is 543 g/mol. The van der Waals surface area contributed by atoms with Crippen LogP contribution in [0.1, 0.15) is 31.2 Å². The van der Waals surface area contributed by atoms with Gasteiger partial charge in [-0.2, -0.15) is 4.98 Å². The molecule has 2 amide bonds. The second-order valence-electron chi connectivity index (χ2n) is 11.2. The third-order valence-corrected chi connectivity index (χ3v) is 8.69. The number of para-hydroxylation sites is 1. The molecule has 2 saturated heterocycles. The Balaban J connectivity index is 1.08. The van der Waals surface area contributed by atoms with E-state index in [1.54, 1.807) is 29.3 Å². The minimum atomic E-state index is -0.411. The Kier molecular flexibility index (Phi) is 6.73. The fraction of sp³-hybridized carbons (Fsp3) is 0.433. The van der Waals surface area contributed by atoms with Crippen LogP contribution in [0.2, 0.25) is 0 Å². The van der Waals surface area contributed by atoms with Crippen molar-refractivity contribution in [1.29, 1.82) is 0 Å². The van der Waals surface area contributed by atoms with Gasteiger partial charge in [-0.05, 0) is 49.2 Å². The SMILES string of the molecule is O=C1N(c2ccccc2F)Cc2cnc(Nc3ccc(N4CC(N5CCNCC5)C4)cc3)nc2N1C1CCCC1. The van der Waals surface area contributed by atoms with Gasteiger partial charge in [-0.15, -0.1) is 0 Å². The molecule has 1 aromatic heterocycles. The predicted octanol–water partition coefficient (Wildman–Crippen LogP) is 4.34. The van der Waals surface area contributed by atoms with Crippen LogP contribution in [-0.4, -0.2) is 72.3 Å².